The summed E-state index contributed by atoms with van der Waals surface area (Å²) in [5.41, 5.74) is 3.28. The molecular formula is C23H27N3O4. The van der Waals surface area contributed by atoms with Crippen molar-refractivity contribution >= 4 is 5.91 Å². The van der Waals surface area contributed by atoms with Gasteiger partial charge in [0.25, 0.3) is 5.91 Å². The van der Waals surface area contributed by atoms with Crippen LogP contribution in [0.5, 0.6) is 11.5 Å². The fourth-order valence-corrected chi connectivity index (χ4v) is 3.17. The van der Waals surface area contributed by atoms with Gasteiger partial charge in [0.2, 0.25) is 0 Å². The van der Waals surface area contributed by atoms with Gasteiger partial charge in [0.05, 0.1) is 20.3 Å². The van der Waals surface area contributed by atoms with Crippen molar-refractivity contribution in [3.63, 3.8) is 0 Å². The summed E-state index contributed by atoms with van der Waals surface area (Å²) in [7, 11) is 7.12. The third-order valence-electron chi connectivity index (χ3n) is 4.95. The lowest BCUT2D eigenvalue weighted by molar-refractivity contribution is 0.0933. The van der Waals surface area contributed by atoms with Gasteiger partial charge in [-0.2, -0.15) is 0 Å². The standard InChI is InChI=1S/C23H27N3O4/c1-15-6-8-16(9-7-15)21-13-18(25-30-21)23(27)24-14-19(26(2)3)17-10-11-20(28-4)22(12-17)29-5/h6-13,19H,14H2,1-5H3,(H,24,27). The van der Waals surface area contributed by atoms with Gasteiger partial charge < -0.3 is 24.2 Å². The van der Waals surface area contributed by atoms with E-state index in [0.29, 0.717) is 23.8 Å². The molecule has 1 aromatic heterocycles. The van der Waals surface area contributed by atoms with Crippen LogP contribution in [-0.4, -0.2) is 50.8 Å². The number of likely N-dealkylation sites (N-methyl/N-ethyl adjacent to an activating group) is 1. The molecule has 1 amide bonds. The van der Waals surface area contributed by atoms with Gasteiger partial charge in [-0.15, -0.1) is 0 Å². The molecule has 3 rings (SSSR count). The van der Waals surface area contributed by atoms with E-state index in [-0.39, 0.29) is 17.6 Å². The molecule has 0 bridgehead atoms. The number of nitrogens with one attached hydrogen (secondary N) is 1. The average Bonchev–Trinajstić information content (AvgIpc) is 3.24. The summed E-state index contributed by atoms with van der Waals surface area (Å²) in [6.07, 6.45) is 0. The Balaban J connectivity index is 1.71. The number of nitrogens with zero attached hydrogens (tertiary/aromatic N) is 2. The maximum absolute atomic E-state index is 12.6. The zero-order chi connectivity index (χ0) is 21.7. The molecule has 1 unspecified atom stereocenters. The first-order valence-electron chi connectivity index (χ1n) is 9.63. The number of hydrogen-bond acceptors (Lipinski definition) is 6. The van der Waals surface area contributed by atoms with Gasteiger partial charge in [-0.05, 0) is 38.7 Å². The molecule has 1 N–H and O–H groups in total. The molecule has 1 atom stereocenters. The number of carbonyl (C=O) groups excluding carboxylic acids is 1. The Hall–Kier alpha value is -3.32. The molecule has 0 saturated carbocycles. The van der Waals surface area contributed by atoms with Gasteiger partial charge in [0.15, 0.2) is 23.0 Å². The Kier molecular flexibility index (Phi) is 6.74. The fourth-order valence-electron chi connectivity index (χ4n) is 3.17. The van der Waals surface area contributed by atoms with Crippen LogP contribution >= 0.6 is 0 Å². The molecule has 0 radical (unpaired) electrons. The number of amides is 1. The molecule has 3 aromatic rings. The van der Waals surface area contributed by atoms with Crippen molar-refractivity contribution in [2.24, 2.45) is 0 Å². The van der Waals surface area contributed by atoms with Crippen LogP contribution < -0.4 is 14.8 Å². The number of aryl methyl sites for hydroxylation is 1. The minimum atomic E-state index is -0.288. The second-order valence-electron chi connectivity index (χ2n) is 7.25. The summed E-state index contributed by atoms with van der Waals surface area (Å²) in [6.45, 7) is 2.41. The third-order valence-corrected chi connectivity index (χ3v) is 4.95. The zero-order valence-electron chi connectivity index (χ0n) is 17.9. The molecular weight excluding hydrogens is 382 g/mol. The third kappa shape index (κ3) is 4.80. The molecule has 7 nitrogen and oxygen atoms in total. The number of carbonyl (C=O) groups is 1. The molecule has 0 aliphatic rings. The van der Waals surface area contributed by atoms with Gasteiger partial charge in [-0.1, -0.05) is 41.1 Å². The lowest BCUT2D eigenvalue weighted by Gasteiger charge is -2.25. The number of methoxy groups -OCH3 is 2. The van der Waals surface area contributed by atoms with Crippen molar-refractivity contribution < 1.29 is 18.8 Å². The van der Waals surface area contributed by atoms with Gasteiger partial charge >= 0.3 is 0 Å². The summed E-state index contributed by atoms with van der Waals surface area (Å²) in [4.78, 5) is 14.7. The highest BCUT2D eigenvalue weighted by Gasteiger charge is 2.20. The Morgan fingerprint density at radius 3 is 2.40 bits per heavy atom. The summed E-state index contributed by atoms with van der Waals surface area (Å²) in [6, 6.07) is 15.2. The van der Waals surface area contributed by atoms with Crippen LogP contribution in [0.3, 0.4) is 0 Å². The number of rotatable bonds is 8. The predicted octanol–water partition coefficient (Wildman–Crippen LogP) is 3.70. The summed E-state index contributed by atoms with van der Waals surface area (Å²) in [5.74, 6) is 1.58. The first kappa shape index (κ1) is 21.4. The smallest absolute Gasteiger partial charge is 0.273 e. The molecule has 30 heavy (non-hydrogen) atoms. The number of ether oxygens (including phenoxy) is 2. The fraction of sp³-hybridized carbons (Fsp3) is 0.304. The van der Waals surface area contributed by atoms with Gasteiger partial charge in [-0.3, -0.25) is 4.79 Å². The normalized spacial score (nSPS) is 11.9. The molecule has 0 aliphatic carbocycles. The quantitative estimate of drug-likeness (QED) is 0.611. The molecule has 7 heteroatoms. The van der Waals surface area contributed by atoms with E-state index in [1.165, 1.54) is 0 Å². The Morgan fingerprint density at radius 1 is 1.07 bits per heavy atom. The van der Waals surface area contributed by atoms with Crippen LogP contribution in [0.4, 0.5) is 0 Å². The molecule has 0 fully saturated rings. The average molecular weight is 409 g/mol. The van der Waals surface area contributed by atoms with Crippen molar-refractivity contribution in [3.05, 3.63) is 65.4 Å². The first-order valence-corrected chi connectivity index (χ1v) is 9.63. The number of aromatic nitrogens is 1. The van der Waals surface area contributed by atoms with Crippen molar-refractivity contribution in [2.75, 3.05) is 34.9 Å². The zero-order valence-corrected chi connectivity index (χ0v) is 17.9. The molecule has 0 spiro atoms. The van der Waals surface area contributed by atoms with Crippen LogP contribution in [0.1, 0.15) is 27.7 Å². The van der Waals surface area contributed by atoms with E-state index < -0.39 is 0 Å². The minimum Gasteiger partial charge on any atom is -0.493 e. The van der Waals surface area contributed by atoms with E-state index in [2.05, 4.69) is 10.5 Å². The lowest BCUT2D eigenvalue weighted by Crippen LogP contribution is -2.34. The van der Waals surface area contributed by atoms with Crippen molar-refractivity contribution in [2.45, 2.75) is 13.0 Å². The van der Waals surface area contributed by atoms with E-state index in [1.54, 1.807) is 20.3 Å². The molecule has 1 heterocycles. The molecule has 158 valence electrons. The highest BCUT2D eigenvalue weighted by atomic mass is 16.5. The van der Waals surface area contributed by atoms with E-state index in [0.717, 1.165) is 16.7 Å². The van der Waals surface area contributed by atoms with Crippen LogP contribution in [0, 0.1) is 6.92 Å². The molecule has 0 aliphatic heterocycles. The monoisotopic (exact) mass is 409 g/mol. The number of benzene rings is 2. The van der Waals surface area contributed by atoms with E-state index in [1.807, 2.05) is 68.4 Å². The molecule has 2 aromatic carbocycles. The Bertz CT molecular complexity index is 996. The maximum atomic E-state index is 12.6. The van der Waals surface area contributed by atoms with Crippen LogP contribution in [0.2, 0.25) is 0 Å². The largest absolute Gasteiger partial charge is 0.493 e. The minimum absolute atomic E-state index is 0.0581. The van der Waals surface area contributed by atoms with E-state index in [4.69, 9.17) is 14.0 Å². The highest BCUT2D eigenvalue weighted by molar-refractivity contribution is 5.93. The van der Waals surface area contributed by atoms with Crippen molar-refractivity contribution in [3.8, 4) is 22.8 Å². The second kappa shape index (κ2) is 9.45. The topological polar surface area (TPSA) is 76.8 Å². The van der Waals surface area contributed by atoms with E-state index in [9.17, 15) is 4.79 Å². The Labute approximate surface area is 176 Å². The van der Waals surface area contributed by atoms with Crippen molar-refractivity contribution in [1.82, 2.24) is 15.4 Å². The van der Waals surface area contributed by atoms with Crippen LogP contribution in [0.15, 0.2) is 53.1 Å². The lowest BCUT2D eigenvalue weighted by atomic mass is 10.0. The predicted molar refractivity (Wildman–Crippen MR) is 115 cm³/mol. The highest BCUT2D eigenvalue weighted by Crippen LogP contribution is 2.31. The van der Waals surface area contributed by atoms with Crippen molar-refractivity contribution in [1.29, 1.82) is 0 Å². The van der Waals surface area contributed by atoms with E-state index >= 15 is 0 Å². The summed E-state index contributed by atoms with van der Waals surface area (Å²) < 4.78 is 16.1. The van der Waals surface area contributed by atoms with Crippen LogP contribution in [-0.2, 0) is 0 Å². The van der Waals surface area contributed by atoms with Crippen LogP contribution in [0.25, 0.3) is 11.3 Å². The molecule has 0 saturated heterocycles. The Morgan fingerprint density at radius 2 is 1.77 bits per heavy atom. The number of hydrogen-bond donors (Lipinski definition) is 1. The van der Waals surface area contributed by atoms with Gasteiger partial charge in [0, 0.05) is 18.2 Å². The maximum Gasteiger partial charge on any atom is 0.273 e. The first-order chi connectivity index (χ1) is 14.4. The summed E-state index contributed by atoms with van der Waals surface area (Å²) in [5, 5.41) is 6.87. The second-order valence-corrected chi connectivity index (χ2v) is 7.25. The SMILES string of the molecule is COc1ccc(C(CNC(=O)c2cc(-c3ccc(C)cc3)on2)N(C)C)cc1OC. The summed E-state index contributed by atoms with van der Waals surface area (Å²) >= 11 is 0. The van der Waals surface area contributed by atoms with Gasteiger partial charge in [0.1, 0.15) is 0 Å². The van der Waals surface area contributed by atoms with Gasteiger partial charge in [-0.25, -0.2) is 0 Å².